The van der Waals surface area contributed by atoms with Gasteiger partial charge in [-0.15, -0.1) is 5.10 Å². The van der Waals surface area contributed by atoms with E-state index in [0.717, 1.165) is 5.56 Å². The molecular formula is C11H10N6OS. The molecule has 0 saturated heterocycles. The number of nitriles is 1. The van der Waals surface area contributed by atoms with Crippen molar-refractivity contribution in [3.8, 4) is 17.5 Å². The molecule has 1 saturated carbocycles. The quantitative estimate of drug-likeness (QED) is 0.879. The number of hydrogen-bond donors (Lipinski definition) is 1. The number of nitrogens with one attached hydrogen (secondary N) is 1. The summed E-state index contributed by atoms with van der Waals surface area (Å²) in [5.41, 5.74) is 0.220. The summed E-state index contributed by atoms with van der Waals surface area (Å²) in [4.78, 5) is 11.9. The predicted molar refractivity (Wildman–Crippen MR) is 66.9 cm³/mol. The summed E-state index contributed by atoms with van der Waals surface area (Å²) >= 11 is 1.54. The molecule has 8 heteroatoms. The molecular weight excluding hydrogens is 264 g/mol. The molecule has 3 rings (SSSR count). The maximum absolute atomic E-state index is 11.9. The Labute approximate surface area is 112 Å². The number of hydrogen-bond acceptors (Lipinski definition) is 6. The molecule has 2 aromatic heterocycles. The van der Waals surface area contributed by atoms with Gasteiger partial charge in [0.1, 0.15) is 12.1 Å². The van der Waals surface area contributed by atoms with E-state index in [9.17, 15) is 4.79 Å². The van der Waals surface area contributed by atoms with Crippen LogP contribution in [0.15, 0.2) is 16.8 Å². The highest BCUT2D eigenvalue weighted by atomic mass is 32.1. The highest BCUT2D eigenvalue weighted by Crippen LogP contribution is 2.34. The monoisotopic (exact) mass is 274 g/mol. The van der Waals surface area contributed by atoms with Gasteiger partial charge in [0.2, 0.25) is 5.91 Å². The van der Waals surface area contributed by atoms with E-state index in [2.05, 4.69) is 26.9 Å². The lowest BCUT2D eigenvalue weighted by atomic mass is 10.3. The van der Waals surface area contributed by atoms with E-state index in [1.54, 1.807) is 0 Å². The summed E-state index contributed by atoms with van der Waals surface area (Å²) in [6.45, 7) is 0.0155. The van der Waals surface area contributed by atoms with Crippen molar-refractivity contribution in [1.29, 1.82) is 5.26 Å². The molecule has 0 spiro atoms. The lowest BCUT2D eigenvalue weighted by Gasteiger charge is -2.09. The molecule has 0 radical (unpaired) electrons. The second-order valence-electron chi connectivity index (χ2n) is 4.41. The topological polar surface area (TPSA) is 96.5 Å². The van der Waals surface area contributed by atoms with Crippen LogP contribution in [0.1, 0.15) is 12.8 Å². The van der Waals surface area contributed by atoms with E-state index in [1.165, 1.54) is 16.0 Å². The van der Waals surface area contributed by atoms with Crippen LogP contribution in [0.5, 0.6) is 0 Å². The van der Waals surface area contributed by atoms with Crippen LogP contribution in [0.4, 0.5) is 0 Å². The first kappa shape index (κ1) is 11.8. The normalized spacial score (nSPS) is 15.7. The number of carbonyl (C=O) groups is 1. The Bertz CT molecular complexity index is 636. The Morgan fingerprint density at radius 1 is 1.63 bits per heavy atom. The molecule has 19 heavy (non-hydrogen) atoms. The Morgan fingerprint density at radius 3 is 3.11 bits per heavy atom. The zero-order valence-corrected chi connectivity index (χ0v) is 10.7. The van der Waals surface area contributed by atoms with Gasteiger partial charge in [0.05, 0.1) is 6.07 Å². The van der Waals surface area contributed by atoms with Gasteiger partial charge in [-0.2, -0.15) is 16.6 Å². The first-order valence-electron chi connectivity index (χ1n) is 5.73. The van der Waals surface area contributed by atoms with Crippen LogP contribution in [0.3, 0.4) is 0 Å². The summed E-state index contributed by atoms with van der Waals surface area (Å²) in [6.07, 6.45) is 1.42. The molecule has 0 aliphatic heterocycles. The van der Waals surface area contributed by atoms with E-state index < -0.39 is 5.54 Å². The van der Waals surface area contributed by atoms with Gasteiger partial charge in [0.15, 0.2) is 5.82 Å². The van der Waals surface area contributed by atoms with Gasteiger partial charge in [-0.3, -0.25) is 4.79 Å². The number of amides is 1. The maximum Gasteiger partial charge on any atom is 0.243 e. The van der Waals surface area contributed by atoms with Crippen molar-refractivity contribution in [3.63, 3.8) is 0 Å². The van der Waals surface area contributed by atoms with Crippen LogP contribution in [-0.2, 0) is 11.3 Å². The van der Waals surface area contributed by atoms with E-state index in [1.807, 2.05) is 16.8 Å². The number of tetrazole rings is 1. The lowest BCUT2D eigenvalue weighted by Crippen LogP contribution is -2.38. The van der Waals surface area contributed by atoms with Crippen LogP contribution >= 0.6 is 11.3 Å². The molecule has 1 aliphatic rings. The van der Waals surface area contributed by atoms with Crippen molar-refractivity contribution in [2.45, 2.75) is 24.9 Å². The Balaban J connectivity index is 1.73. The summed E-state index contributed by atoms with van der Waals surface area (Å²) in [7, 11) is 0. The Hall–Kier alpha value is -2.27. The van der Waals surface area contributed by atoms with Crippen molar-refractivity contribution in [3.05, 3.63) is 16.8 Å². The van der Waals surface area contributed by atoms with Gasteiger partial charge >= 0.3 is 0 Å². The largest absolute Gasteiger partial charge is 0.336 e. The molecule has 0 unspecified atom stereocenters. The molecule has 2 heterocycles. The van der Waals surface area contributed by atoms with E-state index in [-0.39, 0.29) is 12.5 Å². The molecule has 96 valence electrons. The second-order valence-corrected chi connectivity index (χ2v) is 5.19. The zero-order chi connectivity index (χ0) is 13.3. The summed E-state index contributed by atoms with van der Waals surface area (Å²) in [5, 5.41) is 26.8. The highest BCUT2D eigenvalue weighted by molar-refractivity contribution is 7.08. The van der Waals surface area contributed by atoms with Gasteiger partial charge < -0.3 is 5.32 Å². The predicted octanol–water partition coefficient (Wildman–Crippen LogP) is 0.574. The average molecular weight is 274 g/mol. The van der Waals surface area contributed by atoms with Crippen LogP contribution in [0.25, 0.3) is 11.4 Å². The van der Waals surface area contributed by atoms with Crippen LogP contribution in [0.2, 0.25) is 0 Å². The fraction of sp³-hybridized carbons (Fsp3) is 0.364. The minimum Gasteiger partial charge on any atom is -0.336 e. The summed E-state index contributed by atoms with van der Waals surface area (Å²) in [5.74, 6) is 0.307. The average Bonchev–Trinajstić information content (AvgIpc) is 2.83. The van der Waals surface area contributed by atoms with Crippen molar-refractivity contribution in [2.75, 3.05) is 0 Å². The molecule has 0 aromatic carbocycles. The Kier molecular flexibility index (Phi) is 2.76. The van der Waals surface area contributed by atoms with Crippen LogP contribution in [-0.4, -0.2) is 31.7 Å². The van der Waals surface area contributed by atoms with Gasteiger partial charge in [0, 0.05) is 10.9 Å². The highest BCUT2D eigenvalue weighted by Gasteiger charge is 2.44. The number of thiophene rings is 1. The first-order chi connectivity index (χ1) is 9.22. The third kappa shape index (κ3) is 2.32. The van der Waals surface area contributed by atoms with Gasteiger partial charge in [0.25, 0.3) is 0 Å². The Morgan fingerprint density at radius 2 is 2.47 bits per heavy atom. The second kappa shape index (κ2) is 4.44. The third-order valence-electron chi connectivity index (χ3n) is 2.95. The number of nitrogens with zero attached hydrogens (tertiary/aromatic N) is 5. The van der Waals surface area contributed by atoms with E-state index in [0.29, 0.717) is 18.7 Å². The lowest BCUT2D eigenvalue weighted by molar-refractivity contribution is -0.122. The van der Waals surface area contributed by atoms with Crippen LogP contribution in [0, 0.1) is 11.3 Å². The molecule has 0 atom stereocenters. The molecule has 1 aliphatic carbocycles. The summed E-state index contributed by atoms with van der Waals surface area (Å²) < 4.78 is 1.44. The van der Waals surface area contributed by atoms with Gasteiger partial charge in [-0.1, -0.05) is 0 Å². The molecule has 7 nitrogen and oxygen atoms in total. The SMILES string of the molecule is N#CC1(NC(=O)Cn2nnnc2-c2ccsc2)CC1. The molecule has 1 amide bonds. The maximum atomic E-state index is 11.9. The molecule has 0 bridgehead atoms. The molecule has 2 aromatic rings. The smallest absolute Gasteiger partial charge is 0.243 e. The molecule has 1 fully saturated rings. The first-order valence-corrected chi connectivity index (χ1v) is 6.68. The minimum atomic E-state index is -0.659. The third-order valence-corrected chi connectivity index (χ3v) is 3.63. The van der Waals surface area contributed by atoms with Crippen molar-refractivity contribution < 1.29 is 4.79 Å². The fourth-order valence-corrected chi connectivity index (χ4v) is 2.38. The number of rotatable bonds is 4. The minimum absolute atomic E-state index is 0.0155. The molecule has 1 N–H and O–H groups in total. The van der Waals surface area contributed by atoms with Crippen molar-refractivity contribution in [2.24, 2.45) is 0 Å². The zero-order valence-electron chi connectivity index (χ0n) is 9.91. The van der Waals surface area contributed by atoms with E-state index >= 15 is 0 Å². The standard InChI is InChI=1S/C11H10N6OS/c12-7-11(2-3-11)13-9(18)5-17-10(14-15-16-17)8-1-4-19-6-8/h1,4,6H,2-3,5H2,(H,13,18). The van der Waals surface area contributed by atoms with Crippen molar-refractivity contribution >= 4 is 17.2 Å². The van der Waals surface area contributed by atoms with E-state index in [4.69, 9.17) is 5.26 Å². The number of carbonyl (C=O) groups excluding carboxylic acids is 1. The van der Waals surface area contributed by atoms with Crippen LogP contribution < -0.4 is 5.32 Å². The summed E-state index contributed by atoms with van der Waals surface area (Å²) in [6, 6.07) is 4.01. The van der Waals surface area contributed by atoms with Gasteiger partial charge in [-0.05, 0) is 34.7 Å². The van der Waals surface area contributed by atoms with Gasteiger partial charge in [-0.25, -0.2) is 4.68 Å². The fourth-order valence-electron chi connectivity index (χ4n) is 1.74. The number of aromatic nitrogens is 4. The van der Waals surface area contributed by atoms with Crippen molar-refractivity contribution in [1.82, 2.24) is 25.5 Å².